The molecule has 8 heteroatoms. The highest BCUT2D eigenvalue weighted by molar-refractivity contribution is 6.31. The summed E-state index contributed by atoms with van der Waals surface area (Å²) in [6.45, 7) is 0.325. The van der Waals surface area contributed by atoms with Crippen LogP contribution in [0.1, 0.15) is 28.2 Å². The molecule has 1 heterocycles. The van der Waals surface area contributed by atoms with E-state index in [1.54, 1.807) is 48.5 Å². The Bertz CT molecular complexity index is 1660. The lowest BCUT2D eigenvalue weighted by molar-refractivity contribution is -0.128. The van der Waals surface area contributed by atoms with Gasteiger partial charge >= 0.3 is 5.97 Å². The Morgan fingerprint density at radius 3 is 2.42 bits per heavy atom. The van der Waals surface area contributed by atoms with E-state index in [4.69, 9.17) is 43.1 Å². The first kappa shape index (κ1) is 26.9. The summed E-state index contributed by atoms with van der Waals surface area (Å²) in [6.07, 6.45) is 2.95. The molecule has 0 saturated carbocycles. The van der Waals surface area contributed by atoms with Crippen LogP contribution >= 0.6 is 23.2 Å². The van der Waals surface area contributed by atoms with Crippen LogP contribution in [-0.2, 0) is 11.4 Å². The molecule has 0 aliphatic carbocycles. The van der Waals surface area contributed by atoms with E-state index >= 15 is 0 Å². The summed E-state index contributed by atoms with van der Waals surface area (Å²) in [5.41, 5.74) is 9.64. The van der Waals surface area contributed by atoms with E-state index in [9.17, 15) is 10.1 Å². The highest BCUT2D eigenvalue weighted by Gasteiger charge is 2.31. The van der Waals surface area contributed by atoms with Gasteiger partial charge in [0.1, 0.15) is 35.5 Å². The molecule has 40 heavy (non-hydrogen) atoms. The second kappa shape index (κ2) is 12.0. The fourth-order valence-corrected chi connectivity index (χ4v) is 4.58. The zero-order chi connectivity index (χ0) is 28.1. The van der Waals surface area contributed by atoms with Gasteiger partial charge in [0.05, 0.1) is 5.92 Å². The number of nitrogens with two attached hydrogens (primary N) is 1. The molecule has 4 aromatic rings. The Hall–Kier alpha value is -4.70. The van der Waals surface area contributed by atoms with Crippen LogP contribution in [0.15, 0.2) is 109 Å². The number of esters is 1. The van der Waals surface area contributed by atoms with Crippen molar-refractivity contribution in [2.24, 2.45) is 5.73 Å². The Kier molecular flexibility index (Phi) is 8.07. The maximum atomic E-state index is 12.4. The minimum Gasteiger partial charge on any atom is -0.489 e. The largest absolute Gasteiger partial charge is 0.489 e. The number of nitrogens with zero attached hydrogens (tertiary/aromatic N) is 1. The third-order valence-electron chi connectivity index (χ3n) is 6.26. The maximum absolute atomic E-state index is 12.4. The molecule has 1 unspecified atom stereocenters. The van der Waals surface area contributed by atoms with E-state index in [1.165, 1.54) is 6.08 Å². The summed E-state index contributed by atoms with van der Waals surface area (Å²) in [5, 5.41) is 11.1. The van der Waals surface area contributed by atoms with Crippen LogP contribution < -0.4 is 19.9 Å². The topological polar surface area (TPSA) is 94.6 Å². The van der Waals surface area contributed by atoms with Crippen LogP contribution in [0.5, 0.6) is 17.2 Å². The number of halogens is 2. The minimum absolute atomic E-state index is 0.00911. The molecule has 4 aromatic carbocycles. The summed E-state index contributed by atoms with van der Waals surface area (Å²) >= 11 is 12.1. The van der Waals surface area contributed by atoms with Crippen LogP contribution in [0.4, 0.5) is 0 Å². The standard InChI is InChI=1S/C32H22Cl2N2O4/c33-23-10-5-20(6-11-23)7-16-30(37)39-25-14-15-26-29(17-25)40-32(36)27(18-35)31(26)21-8-12-24(13-9-21)38-19-22-3-1-2-4-28(22)34/h1-17,31H,19,36H2/b16-7+. The first-order valence-corrected chi connectivity index (χ1v) is 13.0. The molecular formula is C32H22Cl2N2O4. The molecule has 0 aromatic heterocycles. The third kappa shape index (κ3) is 6.13. The third-order valence-corrected chi connectivity index (χ3v) is 6.88. The number of hydrogen-bond acceptors (Lipinski definition) is 6. The molecular weight excluding hydrogens is 547 g/mol. The summed E-state index contributed by atoms with van der Waals surface area (Å²) in [4.78, 5) is 12.4. The molecule has 5 rings (SSSR count). The molecule has 2 N–H and O–H groups in total. The fourth-order valence-electron chi connectivity index (χ4n) is 4.26. The Morgan fingerprint density at radius 2 is 1.70 bits per heavy atom. The molecule has 198 valence electrons. The van der Waals surface area contributed by atoms with Gasteiger partial charge in [-0.3, -0.25) is 0 Å². The molecule has 0 bridgehead atoms. The Labute approximate surface area is 241 Å². The second-order valence-electron chi connectivity index (χ2n) is 8.88. The van der Waals surface area contributed by atoms with Gasteiger partial charge in [0.2, 0.25) is 5.88 Å². The predicted molar refractivity (Wildman–Crippen MR) is 154 cm³/mol. The number of carbonyl (C=O) groups is 1. The Morgan fingerprint density at radius 1 is 0.975 bits per heavy atom. The zero-order valence-electron chi connectivity index (χ0n) is 21.0. The highest BCUT2D eigenvalue weighted by Crippen LogP contribution is 2.43. The smallest absolute Gasteiger partial charge is 0.336 e. The number of allylic oxidation sites excluding steroid dienone is 1. The lowest BCUT2D eigenvalue weighted by Crippen LogP contribution is -2.21. The van der Waals surface area contributed by atoms with Gasteiger partial charge in [-0.15, -0.1) is 0 Å². The van der Waals surface area contributed by atoms with Crippen molar-refractivity contribution < 1.29 is 19.0 Å². The van der Waals surface area contributed by atoms with Crippen LogP contribution in [0.25, 0.3) is 6.08 Å². The van der Waals surface area contributed by atoms with Gasteiger partial charge in [0.25, 0.3) is 0 Å². The normalized spacial score (nSPS) is 14.3. The van der Waals surface area contributed by atoms with E-state index in [0.29, 0.717) is 33.7 Å². The van der Waals surface area contributed by atoms with Gasteiger partial charge in [-0.2, -0.15) is 5.26 Å². The summed E-state index contributed by atoms with van der Waals surface area (Å²) in [7, 11) is 0. The van der Waals surface area contributed by atoms with E-state index in [2.05, 4.69) is 6.07 Å². The quantitative estimate of drug-likeness (QED) is 0.142. The van der Waals surface area contributed by atoms with Crippen molar-refractivity contribution in [3.05, 3.63) is 141 Å². The van der Waals surface area contributed by atoms with Crippen molar-refractivity contribution >= 4 is 35.2 Å². The monoisotopic (exact) mass is 568 g/mol. The Balaban J connectivity index is 1.33. The van der Waals surface area contributed by atoms with Crippen molar-refractivity contribution in [2.45, 2.75) is 12.5 Å². The van der Waals surface area contributed by atoms with Gasteiger partial charge < -0.3 is 19.9 Å². The number of rotatable bonds is 7. The van der Waals surface area contributed by atoms with Crippen LogP contribution in [0.2, 0.25) is 10.0 Å². The number of benzene rings is 4. The summed E-state index contributed by atoms with van der Waals surface area (Å²) in [6, 6.07) is 29.1. The fraction of sp³-hybridized carbons (Fsp3) is 0.0625. The van der Waals surface area contributed by atoms with Crippen LogP contribution in [-0.4, -0.2) is 5.97 Å². The number of ether oxygens (including phenoxy) is 3. The van der Waals surface area contributed by atoms with Crippen LogP contribution in [0.3, 0.4) is 0 Å². The van der Waals surface area contributed by atoms with Crippen molar-refractivity contribution in [3.8, 4) is 23.3 Å². The molecule has 1 aliphatic heterocycles. The lowest BCUT2D eigenvalue weighted by atomic mass is 9.83. The number of carbonyl (C=O) groups excluding carboxylic acids is 1. The summed E-state index contributed by atoms with van der Waals surface area (Å²) in [5.74, 6) is 0.287. The molecule has 0 radical (unpaired) electrons. The van der Waals surface area contributed by atoms with Gasteiger partial charge in [0, 0.05) is 33.3 Å². The average molecular weight is 569 g/mol. The van der Waals surface area contributed by atoms with Crippen molar-refractivity contribution in [3.63, 3.8) is 0 Å². The second-order valence-corrected chi connectivity index (χ2v) is 9.72. The van der Waals surface area contributed by atoms with Crippen LogP contribution in [0, 0.1) is 11.3 Å². The van der Waals surface area contributed by atoms with E-state index < -0.39 is 11.9 Å². The molecule has 0 amide bonds. The molecule has 6 nitrogen and oxygen atoms in total. The summed E-state index contributed by atoms with van der Waals surface area (Å²) < 4.78 is 17.1. The van der Waals surface area contributed by atoms with E-state index in [0.717, 1.165) is 16.7 Å². The van der Waals surface area contributed by atoms with Gasteiger partial charge in [-0.1, -0.05) is 71.7 Å². The van der Waals surface area contributed by atoms with E-state index in [1.807, 2.05) is 48.5 Å². The van der Waals surface area contributed by atoms with Crippen molar-refractivity contribution in [1.29, 1.82) is 5.26 Å². The number of hydrogen-bond donors (Lipinski definition) is 1. The SMILES string of the molecule is N#CC1=C(N)Oc2cc(OC(=O)/C=C/c3ccc(Cl)cc3)ccc2C1c1ccc(OCc2ccccc2Cl)cc1. The lowest BCUT2D eigenvalue weighted by Gasteiger charge is -2.26. The minimum atomic E-state index is -0.559. The average Bonchev–Trinajstić information content (AvgIpc) is 2.96. The molecule has 1 atom stereocenters. The van der Waals surface area contributed by atoms with Crippen molar-refractivity contribution in [1.82, 2.24) is 0 Å². The van der Waals surface area contributed by atoms with Gasteiger partial charge in [0.15, 0.2) is 0 Å². The first-order valence-electron chi connectivity index (χ1n) is 12.2. The first-order chi connectivity index (χ1) is 19.4. The van der Waals surface area contributed by atoms with Gasteiger partial charge in [-0.05, 0) is 53.6 Å². The van der Waals surface area contributed by atoms with E-state index in [-0.39, 0.29) is 17.2 Å². The molecule has 0 spiro atoms. The molecule has 0 fully saturated rings. The maximum Gasteiger partial charge on any atom is 0.336 e. The predicted octanol–water partition coefficient (Wildman–Crippen LogP) is 7.41. The molecule has 1 aliphatic rings. The van der Waals surface area contributed by atoms with Gasteiger partial charge in [-0.25, -0.2) is 4.79 Å². The number of nitriles is 1. The highest BCUT2D eigenvalue weighted by atomic mass is 35.5. The molecule has 0 saturated heterocycles. The van der Waals surface area contributed by atoms with Crippen molar-refractivity contribution in [2.75, 3.05) is 0 Å². The zero-order valence-corrected chi connectivity index (χ0v) is 22.5. The number of fused-ring (bicyclic) bond motifs is 1.